The summed E-state index contributed by atoms with van der Waals surface area (Å²) in [5, 5.41) is 31.6. The highest BCUT2D eigenvalue weighted by atomic mass is 16.5. The minimum atomic E-state index is -1.18. The van der Waals surface area contributed by atoms with E-state index in [0.717, 1.165) is 5.56 Å². The number of rotatable bonds is 5. The SMILES string of the molecule is O=C(O)c1c(OC2CN(C(=O)C3CC(CO)CN3)C2)ccc2c1OB(O)CC2. The summed E-state index contributed by atoms with van der Waals surface area (Å²) < 4.78 is 11.2. The fourth-order valence-corrected chi connectivity index (χ4v) is 3.94. The van der Waals surface area contributed by atoms with Crippen LogP contribution in [0.25, 0.3) is 0 Å². The minimum Gasteiger partial charge on any atom is -0.535 e. The molecule has 4 rings (SSSR count). The molecule has 1 amide bonds. The Morgan fingerprint density at radius 1 is 1.36 bits per heavy atom. The predicted molar refractivity (Wildman–Crippen MR) is 98.5 cm³/mol. The van der Waals surface area contributed by atoms with Crippen molar-refractivity contribution >= 4 is 19.0 Å². The molecule has 2 saturated heterocycles. The van der Waals surface area contributed by atoms with E-state index < -0.39 is 13.1 Å². The van der Waals surface area contributed by atoms with Crippen LogP contribution in [0.3, 0.4) is 0 Å². The van der Waals surface area contributed by atoms with Gasteiger partial charge in [0.2, 0.25) is 5.91 Å². The van der Waals surface area contributed by atoms with Gasteiger partial charge in [0.05, 0.1) is 19.1 Å². The molecule has 150 valence electrons. The number of hydrogen-bond donors (Lipinski definition) is 4. The number of benzene rings is 1. The van der Waals surface area contributed by atoms with Crippen molar-refractivity contribution in [3.63, 3.8) is 0 Å². The third-order valence-corrected chi connectivity index (χ3v) is 5.56. The number of amides is 1. The molecule has 0 radical (unpaired) electrons. The normalized spacial score (nSPS) is 24.4. The molecule has 1 aromatic carbocycles. The molecule has 0 saturated carbocycles. The maximum atomic E-state index is 12.5. The fourth-order valence-electron chi connectivity index (χ4n) is 3.94. The molecule has 3 aliphatic rings. The van der Waals surface area contributed by atoms with Crippen molar-refractivity contribution in [3.8, 4) is 11.5 Å². The first-order valence-corrected chi connectivity index (χ1v) is 9.49. The Hall–Kier alpha value is -2.30. The van der Waals surface area contributed by atoms with E-state index in [-0.39, 0.29) is 47.6 Å². The zero-order valence-corrected chi connectivity index (χ0v) is 15.3. The van der Waals surface area contributed by atoms with Crippen LogP contribution in [0.15, 0.2) is 12.1 Å². The Bertz CT molecular complexity index is 783. The number of carbonyl (C=O) groups is 2. The van der Waals surface area contributed by atoms with Crippen molar-refractivity contribution < 1.29 is 34.2 Å². The number of carboxylic acid groups (broad SMARTS) is 1. The molecular weight excluding hydrogens is 367 g/mol. The van der Waals surface area contributed by atoms with Gasteiger partial charge >= 0.3 is 13.1 Å². The molecule has 9 nitrogen and oxygen atoms in total. The van der Waals surface area contributed by atoms with E-state index in [0.29, 0.717) is 38.8 Å². The number of aliphatic hydroxyl groups excluding tert-OH is 1. The lowest BCUT2D eigenvalue weighted by atomic mass is 9.78. The van der Waals surface area contributed by atoms with Crippen LogP contribution < -0.4 is 14.7 Å². The second-order valence-corrected chi connectivity index (χ2v) is 7.57. The average Bonchev–Trinajstić information content (AvgIpc) is 3.12. The summed E-state index contributed by atoms with van der Waals surface area (Å²) in [6, 6.07) is 3.08. The van der Waals surface area contributed by atoms with Gasteiger partial charge in [-0.05, 0) is 36.7 Å². The second-order valence-electron chi connectivity index (χ2n) is 7.57. The topological polar surface area (TPSA) is 129 Å². The van der Waals surface area contributed by atoms with Crippen molar-refractivity contribution in [3.05, 3.63) is 23.3 Å². The molecule has 28 heavy (non-hydrogen) atoms. The maximum absolute atomic E-state index is 12.5. The first-order chi connectivity index (χ1) is 13.5. The molecule has 1 aromatic rings. The van der Waals surface area contributed by atoms with Crippen LogP contribution in [0.2, 0.25) is 6.32 Å². The molecule has 2 atom stereocenters. The number of hydrogen-bond acceptors (Lipinski definition) is 7. The minimum absolute atomic E-state index is 0.0221. The van der Waals surface area contributed by atoms with Crippen molar-refractivity contribution in [2.24, 2.45) is 5.92 Å². The zero-order valence-electron chi connectivity index (χ0n) is 15.3. The van der Waals surface area contributed by atoms with E-state index in [4.69, 9.17) is 9.39 Å². The lowest BCUT2D eigenvalue weighted by molar-refractivity contribution is -0.142. The van der Waals surface area contributed by atoms with E-state index in [2.05, 4.69) is 5.32 Å². The Balaban J connectivity index is 1.40. The molecule has 0 aromatic heterocycles. The summed E-state index contributed by atoms with van der Waals surface area (Å²) in [4.78, 5) is 25.9. The highest BCUT2D eigenvalue weighted by molar-refractivity contribution is 6.44. The Labute approximate surface area is 162 Å². The summed E-state index contributed by atoms with van der Waals surface area (Å²) in [5.41, 5.74) is 0.635. The number of ether oxygens (including phenoxy) is 1. The highest BCUT2D eigenvalue weighted by Crippen LogP contribution is 2.37. The van der Waals surface area contributed by atoms with E-state index in [1.54, 1.807) is 17.0 Å². The van der Waals surface area contributed by atoms with Crippen molar-refractivity contribution in [1.29, 1.82) is 0 Å². The van der Waals surface area contributed by atoms with Crippen molar-refractivity contribution in [1.82, 2.24) is 10.2 Å². The summed E-state index contributed by atoms with van der Waals surface area (Å²) in [6.07, 6.45) is 1.26. The third-order valence-electron chi connectivity index (χ3n) is 5.56. The van der Waals surface area contributed by atoms with E-state index >= 15 is 0 Å². The monoisotopic (exact) mass is 390 g/mol. The number of aryl methyl sites for hydroxylation is 1. The van der Waals surface area contributed by atoms with Gasteiger partial charge in [0.15, 0.2) is 0 Å². The Kier molecular flexibility index (Phi) is 5.18. The van der Waals surface area contributed by atoms with E-state index in [9.17, 15) is 24.8 Å². The number of aromatic carboxylic acids is 1. The quantitative estimate of drug-likeness (QED) is 0.489. The number of nitrogens with zero attached hydrogens (tertiary/aromatic N) is 1. The summed E-state index contributed by atoms with van der Waals surface area (Å²) in [6.45, 7) is 1.44. The zero-order chi connectivity index (χ0) is 19.8. The smallest absolute Gasteiger partial charge is 0.522 e. The number of fused-ring (bicyclic) bond motifs is 1. The Morgan fingerprint density at radius 3 is 2.82 bits per heavy atom. The van der Waals surface area contributed by atoms with Crippen molar-refractivity contribution in [2.75, 3.05) is 26.2 Å². The molecule has 2 unspecified atom stereocenters. The molecule has 4 N–H and O–H groups in total. The molecule has 0 aliphatic carbocycles. The van der Waals surface area contributed by atoms with Crippen molar-refractivity contribution in [2.45, 2.75) is 31.3 Å². The third kappa shape index (κ3) is 3.55. The van der Waals surface area contributed by atoms with Gasteiger partial charge in [-0.3, -0.25) is 4.79 Å². The van der Waals surface area contributed by atoms with E-state index in [1.165, 1.54) is 0 Å². The van der Waals surface area contributed by atoms with Crippen LogP contribution in [-0.4, -0.2) is 77.5 Å². The number of aliphatic hydroxyl groups is 1. The number of carboxylic acids is 1. The second kappa shape index (κ2) is 7.61. The van der Waals surface area contributed by atoms with Gasteiger partial charge in [0, 0.05) is 13.2 Å². The van der Waals surface area contributed by atoms with Gasteiger partial charge in [-0.1, -0.05) is 6.07 Å². The summed E-state index contributed by atoms with van der Waals surface area (Å²) >= 11 is 0. The molecular formula is C18H23BN2O7. The van der Waals surface area contributed by atoms with Crippen LogP contribution in [-0.2, 0) is 11.2 Å². The predicted octanol–water partition coefficient (Wildman–Crippen LogP) is -0.640. The van der Waals surface area contributed by atoms with Crippen LogP contribution >= 0.6 is 0 Å². The van der Waals surface area contributed by atoms with Gasteiger partial charge in [0.1, 0.15) is 23.2 Å². The number of carbonyl (C=O) groups excluding carboxylic acids is 1. The fraction of sp³-hybridized carbons (Fsp3) is 0.556. The lowest BCUT2D eigenvalue weighted by Gasteiger charge is -2.40. The molecule has 0 spiro atoms. The molecule has 2 fully saturated rings. The molecule has 0 bridgehead atoms. The largest absolute Gasteiger partial charge is 0.535 e. The van der Waals surface area contributed by atoms with Gasteiger partial charge < -0.3 is 34.8 Å². The first-order valence-electron chi connectivity index (χ1n) is 9.49. The van der Waals surface area contributed by atoms with Crippen LogP contribution in [0.1, 0.15) is 22.3 Å². The Morgan fingerprint density at radius 2 is 2.14 bits per heavy atom. The maximum Gasteiger partial charge on any atom is 0.522 e. The van der Waals surface area contributed by atoms with Gasteiger partial charge in [0.25, 0.3) is 0 Å². The number of likely N-dealkylation sites (tertiary alicyclic amines) is 1. The van der Waals surface area contributed by atoms with Gasteiger partial charge in [-0.15, -0.1) is 0 Å². The number of nitrogens with one attached hydrogen (secondary N) is 1. The summed E-state index contributed by atoms with van der Waals surface area (Å²) in [5.74, 6) is -0.770. The van der Waals surface area contributed by atoms with Crippen LogP contribution in [0, 0.1) is 5.92 Å². The molecule has 3 heterocycles. The molecule has 3 aliphatic heterocycles. The standard InChI is InChI=1S/C18H23BN2O7/c22-9-10-5-13(20-6-10)17(23)21-7-12(8-21)27-14-2-1-11-3-4-19(26)28-16(11)15(14)18(24)25/h1-2,10,12-13,20,22,26H,3-9H2,(H,24,25). The van der Waals surface area contributed by atoms with Gasteiger partial charge in [-0.2, -0.15) is 0 Å². The highest BCUT2D eigenvalue weighted by Gasteiger charge is 2.39. The van der Waals surface area contributed by atoms with Crippen LogP contribution in [0.5, 0.6) is 11.5 Å². The van der Waals surface area contributed by atoms with E-state index in [1.807, 2.05) is 0 Å². The first kappa shape index (κ1) is 19.0. The summed E-state index contributed by atoms with van der Waals surface area (Å²) in [7, 11) is -1.03. The van der Waals surface area contributed by atoms with Gasteiger partial charge in [-0.25, -0.2) is 4.79 Å². The molecule has 10 heteroatoms. The average molecular weight is 390 g/mol. The van der Waals surface area contributed by atoms with Crippen LogP contribution in [0.4, 0.5) is 0 Å². The lowest BCUT2D eigenvalue weighted by Crippen LogP contribution is -2.59.